The summed E-state index contributed by atoms with van der Waals surface area (Å²) in [6, 6.07) is 2.39. The monoisotopic (exact) mass is 361 g/mol. The van der Waals surface area contributed by atoms with Gasteiger partial charge in [-0.1, -0.05) is 0 Å². The van der Waals surface area contributed by atoms with Gasteiger partial charge in [-0.05, 0) is 32.1 Å². The Morgan fingerprint density at radius 2 is 1.88 bits per heavy atom. The summed E-state index contributed by atoms with van der Waals surface area (Å²) in [6.45, 7) is 1.46. The SMILES string of the molecule is CNCCCC(=O)N1CCN(S(=O)(=O)c2ccc(F)cc2F)CC1. The van der Waals surface area contributed by atoms with Crippen LogP contribution < -0.4 is 5.32 Å². The molecule has 1 saturated heterocycles. The predicted molar refractivity (Wildman–Crippen MR) is 84.9 cm³/mol. The van der Waals surface area contributed by atoms with Gasteiger partial charge < -0.3 is 10.2 Å². The molecule has 1 aromatic carbocycles. The van der Waals surface area contributed by atoms with Crippen LogP contribution in [0.15, 0.2) is 23.1 Å². The molecule has 1 aliphatic rings. The first-order chi connectivity index (χ1) is 11.4. The summed E-state index contributed by atoms with van der Waals surface area (Å²) in [6.07, 6.45) is 1.12. The van der Waals surface area contributed by atoms with Gasteiger partial charge in [0.25, 0.3) is 0 Å². The highest BCUT2D eigenvalue weighted by molar-refractivity contribution is 7.89. The summed E-state index contributed by atoms with van der Waals surface area (Å²) < 4.78 is 52.8. The van der Waals surface area contributed by atoms with E-state index in [-0.39, 0.29) is 32.1 Å². The van der Waals surface area contributed by atoms with E-state index in [1.165, 1.54) is 0 Å². The van der Waals surface area contributed by atoms with Gasteiger partial charge in [0.15, 0.2) is 0 Å². The minimum atomic E-state index is -4.04. The number of rotatable bonds is 6. The molecule has 1 aromatic rings. The van der Waals surface area contributed by atoms with Crippen LogP contribution in [0, 0.1) is 11.6 Å². The molecule has 0 bridgehead atoms. The minimum absolute atomic E-state index is 0.0183. The van der Waals surface area contributed by atoms with E-state index in [9.17, 15) is 22.0 Å². The van der Waals surface area contributed by atoms with Gasteiger partial charge in [-0.15, -0.1) is 0 Å². The second-order valence-corrected chi connectivity index (χ2v) is 7.47. The lowest BCUT2D eigenvalue weighted by molar-refractivity contribution is -0.132. The van der Waals surface area contributed by atoms with Gasteiger partial charge in [0.2, 0.25) is 15.9 Å². The fourth-order valence-corrected chi connectivity index (χ4v) is 4.04. The smallest absolute Gasteiger partial charge is 0.246 e. The highest BCUT2D eigenvalue weighted by Crippen LogP contribution is 2.21. The molecular formula is C15H21F2N3O3S. The molecule has 0 aromatic heterocycles. The summed E-state index contributed by atoms with van der Waals surface area (Å²) in [5.41, 5.74) is 0. The van der Waals surface area contributed by atoms with E-state index in [0.29, 0.717) is 18.9 Å². The molecule has 0 unspecified atom stereocenters. The number of amides is 1. The highest BCUT2D eigenvalue weighted by atomic mass is 32.2. The van der Waals surface area contributed by atoms with Crippen LogP contribution in [0.5, 0.6) is 0 Å². The molecule has 9 heteroatoms. The summed E-state index contributed by atoms with van der Waals surface area (Å²) >= 11 is 0. The van der Waals surface area contributed by atoms with Crippen molar-refractivity contribution in [2.45, 2.75) is 17.7 Å². The second kappa shape index (κ2) is 8.00. The number of carbonyl (C=O) groups is 1. The van der Waals surface area contributed by atoms with E-state index in [1.807, 2.05) is 7.05 Å². The van der Waals surface area contributed by atoms with Gasteiger partial charge >= 0.3 is 0 Å². The molecular weight excluding hydrogens is 340 g/mol. The fraction of sp³-hybridized carbons (Fsp3) is 0.533. The number of hydrogen-bond acceptors (Lipinski definition) is 4. The summed E-state index contributed by atoms with van der Waals surface area (Å²) in [5, 5.41) is 2.96. The maximum atomic E-state index is 13.8. The van der Waals surface area contributed by atoms with Crippen LogP contribution in [0.3, 0.4) is 0 Å². The van der Waals surface area contributed by atoms with Crippen molar-refractivity contribution >= 4 is 15.9 Å². The fourth-order valence-electron chi connectivity index (χ4n) is 2.58. The maximum Gasteiger partial charge on any atom is 0.246 e. The number of halogens is 2. The zero-order valence-electron chi connectivity index (χ0n) is 13.5. The van der Waals surface area contributed by atoms with Gasteiger partial charge in [0.1, 0.15) is 16.5 Å². The van der Waals surface area contributed by atoms with Crippen molar-refractivity contribution in [1.29, 1.82) is 0 Å². The van der Waals surface area contributed by atoms with E-state index in [2.05, 4.69) is 5.32 Å². The van der Waals surface area contributed by atoms with Crippen molar-refractivity contribution in [2.24, 2.45) is 0 Å². The summed E-state index contributed by atoms with van der Waals surface area (Å²) in [5.74, 6) is -1.96. The lowest BCUT2D eigenvalue weighted by atomic mass is 10.2. The van der Waals surface area contributed by atoms with Gasteiger partial charge in [-0.25, -0.2) is 17.2 Å². The number of piperazine rings is 1. The van der Waals surface area contributed by atoms with Crippen molar-refractivity contribution < 1.29 is 22.0 Å². The third kappa shape index (κ3) is 4.28. The Morgan fingerprint density at radius 1 is 1.21 bits per heavy atom. The van der Waals surface area contributed by atoms with E-state index in [1.54, 1.807) is 4.90 Å². The normalized spacial score (nSPS) is 16.4. The molecule has 0 aliphatic carbocycles. The van der Waals surface area contributed by atoms with Crippen molar-refractivity contribution in [2.75, 3.05) is 39.8 Å². The van der Waals surface area contributed by atoms with Crippen LogP contribution in [-0.2, 0) is 14.8 Å². The molecule has 0 spiro atoms. The zero-order chi connectivity index (χ0) is 17.7. The lowest BCUT2D eigenvalue weighted by Crippen LogP contribution is -2.50. The Balaban J connectivity index is 1.99. The molecule has 0 saturated carbocycles. The molecule has 0 radical (unpaired) electrons. The number of hydrogen-bond donors (Lipinski definition) is 1. The van der Waals surface area contributed by atoms with Gasteiger partial charge in [0, 0.05) is 38.7 Å². The Hall–Kier alpha value is -1.58. The van der Waals surface area contributed by atoms with Crippen LogP contribution in [-0.4, -0.2) is 63.3 Å². The molecule has 1 aliphatic heterocycles. The quantitative estimate of drug-likeness (QED) is 0.761. The molecule has 6 nitrogen and oxygen atoms in total. The number of benzene rings is 1. The second-order valence-electron chi connectivity index (χ2n) is 5.57. The lowest BCUT2D eigenvalue weighted by Gasteiger charge is -2.34. The van der Waals surface area contributed by atoms with E-state index in [0.717, 1.165) is 23.0 Å². The first kappa shape index (κ1) is 18.8. The molecule has 1 fully saturated rings. The van der Waals surface area contributed by atoms with Crippen LogP contribution in [0.4, 0.5) is 8.78 Å². The van der Waals surface area contributed by atoms with Crippen LogP contribution in [0.2, 0.25) is 0 Å². The minimum Gasteiger partial charge on any atom is -0.340 e. The summed E-state index contributed by atoms with van der Waals surface area (Å²) in [4.78, 5) is 13.1. The molecule has 1 amide bonds. The third-order valence-corrected chi connectivity index (χ3v) is 5.85. The zero-order valence-corrected chi connectivity index (χ0v) is 14.3. The van der Waals surface area contributed by atoms with Crippen molar-refractivity contribution in [3.8, 4) is 0 Å². The van der Waals surface area contributed by atoms with Crippen LogP contribution >= 0.6 is 0 Å². The maximum absolute atomic E-state index is 13.8. The Kier molecular flexibility index (Phi) is 6.25. The first-order valence-corrected chi connectivity index (χ1v) is 9.18. The Labute approximate surface area is 140 Å². The van der Waals surface area contributed by atoms with Gasteiger partial charge in [0.05, 0.1) is 0 Å². The Morgan fingerprint density at radius 3 is 2.46 bits per heavy atom. The summed E-state index contributed by atoms with van der Waals surface area (Å²) in [7, 11) is -2.23. The molecule has 24 heavy (non-hydrogen) atoms. The number of nitrogens with zero attached hydrogens (tertiary/aromatic N) is 2. The van der Waals surface area contributed by atoms with Gasteiger partial charge in [-0.2, -0.15) is 4.31 Å². The highest BCUT2D eigenvalue weighted by Gasteiger charge is 2.31. The van der Waals surface area contributed by atoms with Crippen LogP contribution in [0.1, 0.15) is 12.8 Å². The standard InChI is InChI=1S/C15H21F2N3O3S/c1-18-6-2-3-15(21)19-7-9-20(10-8-19)24(22,23)14-5-4-12(16)11-13(14)17/h4-5,11,18H,2-3,6-10H2,1H3. The first-order valence-electron chi connectivity index (χ1n) is 7.74. The largest absolute Gasteiger partial charge is 0.340 e. The van der Waals surface area contributed by atoms with Crippen molar-refractivity contribution in [1.82, 2.24) is 14.5 Å². The number of sulfonamides is 1. The van der Waals surface area contributed by atoms with Crippen molar-refractivity contribution in [3.63, 3.8) is 0 Å². The van der Waals surface area contributed by atoms with Crippen LogP contribution in [0.25, 0.3) is 0 Å². The topological polar surface area (TPSA) is 69.7 Å². The van der Waals surface area contributed by atoms with Crippen molar-refractivity contribution in [3.05, 3.63) is 29.8 Å². The molecule has 1 heterocycles. The molecule has 134 valence electrons. The molecule has 1 N–H and O–H groups in total. The van der Waals surface area contributed by atoms with Gasteiger partial charge in [-0.3, -0.25) is 4.79 Å². The van der Waals surface area contributed by atoms with E-state index in [4.69, 9.17) is 0 Å². The average molecular weight is 361 g/mol. The third-order valence-electron chi connectivity index (χ3n) is 3.92. The predicted octanol–water partition coefficient (Wildman–Crippen LogP) is 0.797. The average Bonchev–Trinajstić information content (AvgIpc) is 2.54. The number of carbonyl (C=O) groups excluding carboxylic acids is 1. The Bertz CT molecular complexity index is 689. The molecule has 2 rings (SSSR count). The van der Waals surface area contributed by atoms with E-state index < -0.39 is 26.6 Å². The number of nitrogens with one attached hydrogen (secondary N) is 1. The molecule has 0 atom stereocenters. The van der Waals surface area contributed by atoms with E-state index >= 15 is 0 Å².